The van der Waals surface area contributed by atoms with Crippen molar-refractivity contribution < 1.29 is 0 Å². The lowest BCUT2D eigenvalue weighted by Crippen LogP contribution is -2.42. The van der Waals surface area contributed by atoms with E-state index in [2.05, 4.69) is 36.7 Å². The maximum absolute atomic E-state index is 4.52. The summed E-state index contributed by atoms with van der Waals surface area (Å²) in [5, 5.41) is 3.61. The minimum Gasteiger partial charge on any atom is -0.308 e. The third-order valence-electron chi connectivity index (χ3n) is 3.05. The normalized spacial score (nSPS) is 23.8. The van der Waals surface area contributed by atoms with E-state index in [-0.39, 0.29) is 0 Å². The summed E-state index contributed by atoms with van der Waals surface area (Å²) in [7, 11) is 1.99. The molecule has 1 aliphatic rings. The summed E-state index contributed by atoms with van der Waals surface area (Å²) >= 11 is 4.52. The van der Waals surface area contributed by atoms with Crippen molar-refractivity contribution in [3.8, 4) is 0 Å². The Balaban J connectivity index is 2.30. The minimum absolute atomic E-state index is 0.384. The average molecular weight is 202 g/mol. The van der Waals surface area contributed by atoms with Crippen molar-refractivity contribution in [1.29, 1.82) is 0 Å². The molecule has 78 valence electrons. The second-order valence-electron chi connectivity index (χ2n) is 4.20. The molecule has 1 atom stereocenters. The second-order valence-corrected chi connectivity index (χ2v) is 4.76. The molecule has 2 nitrogen and oxygen atoms in total. The highest BCUT2D eigenvalue weighted by molar-refractivity contribution is 7.80. The van der Waals surface area contributed by atoms with Crippen LogP contribution >= 0.6 is 12.6 Å². The molecule has 0 aromatic rings. The first-order valence-electron chi connectivity index (χ1n) is 5.24. The van der Waals surface area contributed by atoms with Crippen molar-refractivity contribution >= 4 is 12.6 Å². The van der Waals surface area contributed by atoms with Crippen molar-refractivity contribution in [2.24, 2.45) is 5.92 Å². The number of nitrogens with one attached hydrogen (secondary N) is 1. The first-order valence-corrected chi connectivity index (χ1v) is 5.76. The molecule has 3 heteroatoms. The van der Waals surface area contributed by atoms with Crippen molar-refractivity contribution in [3.63, 3.8) is 0 Å². The quantitative estimate of drug-likeness (QED) is 0.534. The SMILES string of the molecule is CNC(S)C1CCN(C(C)C)CC1. The molecule has 0 bridgehead atoms. The first-order chi connectivity index (χ1) is 6.15. The Morgan fingerprint density at radius 1 is 1.31 bits per heavy atom. The number of likely N-dealkylation sites (tertiary alicyclic amines) is 1. The Kier molecular flexibility index (Phi) is 4.56. The number of piperidine rings is 1. The van der Waals surface area contributed by atoms with Gasteiger partial charge in [0.15, 0.2) is 0 Å². The minimum atomic E-state index is 0.384. The van der Waals surface area contributed by atoms with E-state index in [1.807, 2.05) is 7.05 Å². The molecule has 0 spiro atoms. The molecular weight excluding hydrogens is 180 g/mol. The van der Waals surface area contributed by atoms with E-state index in [0.29, 0.717) is 11.4 Å². The fourth-order valence-corrected chi connectivity index (χ4v) is 2.29. The topological polar surface area (TPSA) is 15.3 Å². The first kappa shape index (κ1) is 11.3. The van der Waals surface area contributed by atoms with Crippen LogP contribution < -0.4 is 5.32 Å². The zero-order valence-corrected chi connectivity index (χ0v) is 9.85. The third-order valence-corrected chi connectivity index (χ3v) is 3.73. The molecule has 1 heterocycles. The molecular formula is C10H22N2S. The fraction of sp³-hybridized carbons (Fsp3) is 1.00. The fourth-order valence-electron chi connectivity index (χ4n) is 1.99. The van der Waals surface area contributed by atoms with Crippen LogP contribution in [-0.4, -0.2) is 36.5 Å². The number of hydrogen-bond acceptors (Lipinski definition) is 3. The predicted octanol–water partition coefficient (Wildman–Crippen LogP) is 1.58. The lowest BCUT2D eigenvalue weighted by atomic mass is 9.96. The van der Waals surface area contributed by atoms with E-state index >= 15 is 0 Å². The predicted molar refractivity (Wildman–Crippen MR) is 61.3 cm³/mol. The van der Waals surface area contributed by atoms with Crippen molar-refractivity contribution in [3.05, 3.63) is 0 Å². The van der Waals surface area contributed by atoms with Gasteiger partial charge in [-0.05, 0) is 52.7 Å². The summed E-state index contributed by atoms with van der Waals surface area (Å²) in [6.45, 7) is 7.02. The maximum atomic E-state index is 4.52. The molecule has 0 radical (unpaired) electrons. The highest BCUT2D eigenvalue weighted by atomic mass is 32.1. The molecule has 0 aromatic carbocycles. The standard InChI is InChI=1S/C10H22N2S/c1-8(2)12-6-4-9(5-7-12)10(13)11-3/h8-11,13H,4-7H2,1-3H3. The van der Waals surface area contributed by atoms with Crippen molar-refractivity contribution in [1.82, 2.24) is 10.2 Å². The summed E-state index contributed by atoms with van der Waals surface area (Å²) in [4.78, 5) is 2.55. The van der Waals surface area contributed by atoms with Gasteiger partial charge in [0.1, 0.15) is 0 Å². The van der Waals surface area contributed by atoms with Crippen LogP contribution in [0.4, 0.5) is 0 Å². The van der Waals surface area contributed by atoms with E-state index in [4.69, 9.17) is 0 Å². The van der Waals surface area contributed by atoms with Crippen molar-refractivity contribution in [2.75, 3.05) is 20.1 Å². The maximum Gasteiger partial charge on any atom is 0.0529 e. The largest absolute Gasteiger partial charge is 0.308 e. The molecule has 1 rings (SSSR count). The van der Waals surface area contributed by atoms with E-state index in [0.717, 1.165) is 5.92 Å². The van der Waals surface area contributed by atoms with Gasteiger partial charge in [-0.1, -0.05) is 0 Å². The third kappa shape index (κ3) is 3.15. The lowest BCUT2D eigenvalue weighted by molar-refractivity contribution is 0.145. The molecule has 13 heavy (non-hydrogen) atoms. The van der Waals surface area contributed by atoms with Crippen LogP contribution in [0.3, 0.4) is 0 Å². The summed E-state index contributed by atoms with van der Waals surface area (Å²) in [5.41, 5.74) is 0. The van der Waals surface area contributed by atoms with Crippen LogP contribution in [0.2, 0.25) is 0 Å². The van der Waals surface area contributed by atoms with Crippen LogP contribution in [0, 0.1) is 5.92 Å². The summed E-state index contributed by atoms with van der Waals surface area (Å²) in [6, 6.07) is 0.703. The zero-order valence-electron chi connectivity index (χ0n) is 8.95. The summed E-state index contributed by atoms with van der Waals surface area (Å²) < 4.78 is 0. The molecule has 1 saturated heterocycles. The second kappa shape index (κ2) is 5.23. The van der Waals surface area contributed by atoms with Gasteiger partial charge in [-0.2, -0.15) is 12.6 Å². The lowest BCUT2D eigenvalue weighted by Gasteiger charge is -2.36. The Bertz CT molecular complexity index is 142. The van der Waals surface area contributed by atoms with Gasteiger partial charge in [-0.25, -0.2) is 0 Å². The van der Waals surface area contributed by atoms with Crippen LogP contribution in [0.15, 0.2) is 0 Å². The summed E-state index contributed by atoms with van der Waals surface area (Å²) in [5.74, 6) is 0.753. The van der Waals surface area contributed by atoms with Crippen LogP contribution in [-0.2, 0) is 0 Å². The number of thiol groups is 1. The molecule has 1 unspecified atom stereocenters. The van der Waals surface area contributed by atoms with Gasteiger partial charge in [-0.15, -0.1) is 0 Å². The molecule has 0 aliphatic carbocycles. The average Bonchev–Trinajstić information content (AvgIpc) is 2.17. The molecule has 0 amide bonds. The van der Waals surface area contributed by atoms with E-state index in [1.54, 1.807) is 0 Å². The van der Waals surface area contributed by atoms with Gasteiger partial charge in [0.25, 0.3) is 0 Å². The van der Waals surface area contributed by atoms with E-state index in [9.17, 15) is 0 Å². The van der Waals surface area contributed by atoms with Gasteiger partial charge >= 0.3 is 0 Å². The number of nitrogens with zero attached hydrogens (tertiary/aromatic N) is 1. The van der Waals surface area contributed by atoms with Gasteiger partial charge in [0.05, 0.1) is 5.37 Å². The molecule has 0 aromatic heterocycles. The Morgan fingerprint density at radius 2 is 1.85 bits per heavy atom. The monoisotopic (exact) mass is 202 g/mol. The Labute approximate surface area is 87.5 Å². The number of rotatable bonds is 3. The van der Waals surface area contributed by atoms with Crippen LogP contribution in [0.1, 0.15) is 26.7 Å². The highest BCUT2D eigenvalue weighted by Gasteiger charge is 2.24. The molecule has 1 fully saturated rings. The van der Waals surface area contributed by atoms with Gasteiger partial charge < -0.3 is 10.2 Å². The van der Waals surface area contributed by atoms with Crippen molar-refractivity contribution in [2.45, 2.75) is 38.1 Å². The van der Waals surface area contributed by atoms with Gasteiger partial charge in [0.2, 0.25) is 0 Å². The smallest absolute Gasteiger partial charge is 0.0529 e. The molecule has 0 saturated carbocycles. The van der Waals surface area contributed by atoms with Gasteiger partial charge in [0, 0.05) is 6.04 Å². The zero-order chi connectivity index (χ0) is 9.84. The van der Waals surface area contributed by atoms with E-state index in [1.165, 1.54) is 25.9 Å². The van der Waals surface area contributed by atoms with Crippen LogP contribution in [0.25, 0.3) is 0 Å². The van der Waals surface area contributed by atoms with Gasteiger partial charge in [-0.3, -0.25) is 0 Å². The number of hydrogen-bond donors (Lipinski definition) is 2. The summed E-state index contributed by atoms with van der Waals surface area (Å²) in [6.07, 6.45) is 2.57. The Hall–Kier alpha value is 0.270. The van der Waals surface area contributed by atoms with E-state index < -0.39 is 0 Å². The molecule has 1 N–H and O–H groups in total. The highest BCUT2D eigenvalue weighted by Crippen LogP contribution is 2.23. The Morgan fingerprint density at radius 3 is 2.23 bits per heavy atom. The molecule has 1 aliphatic heterocycles. The van der Waals surface area contributed by atoms with Crippen LogP contribution in [0.5, 0.6) is 0 Å².